The van der Waals surface area contributed by atoms with Gasteiger partial charge >= 0.3 is 0 Å². The zero-order chi connectivity index (χ0) is 15.0. The van der Waals surface area contributed by atoms with Gasteiger partial charge in [-0.1, -0.05) is 24.9 Å². The molecule has 20 heavy (non-hydrogen) atoms. The van der Waals surface area contributed by atoms with E-state index in [1.807, 2.05) is 0 Å². The highest BCUT2D eigenvalue weighted by Gasteiger charge is 2.42. The number of hydrogen-bond acceptors (Lipinski definition) is 3. The molecule has 2 rings (SSSR count). The van der Waals surface area contributed by atoms with Gasteiger partial charge in [0.2, 0.25) is 10.0 Å². The van der Waals surface area contributed by atoms with E-state index in [0.717, 1.165) is 25.7 Å². The minimum absolute atomic E-state index is 0.175. The maximum Gasteiger partial charge on any atom is 0.240 e. The molecule has 0 saturated heterocycles. The zero-order valence-corrected chi connectivity index (χ0v) is 13.4. The maximum absolute atomic E-state index is 12.3. The third-order valence-electron chi connectivity index (χ3n) is 3.94. The van der Waals surface area contributed by atoms with Crippen molar-refractivity contribution in [3.63, 3.8) is 0 Å². The summed E-state index contributed by atoms with van der Waals surface area (Å²) in [5, 5.41) is 0.411. The fourth-order valence-corrected chi connectivity index (χ4v) is 3.86. The molecule has 4 nitrogen and oxygen atoms in total. The number of hydrogen-bond donors (Lipinski definition) is 2. The largest absolute Gasteiger partial charge is 0.397 e. The second-order valence-electron chi connectivity index (χ2n) is 5.72. The Labute approximate surface area is 125 Å². The number of nitrogens with two attached hydrogens (primary N) is 1. The van der Waals surface area contributed by atoms with Crippen LogP contribution in [0.2, 0.25) is 5.02 Å². The van der Waals surface area contributed by atoms with E-state index in [9.17, 15) is 8.42 Å². The number of rotatable bonds is 6. The highest BCUT2D eigenvalue weighted by atomic mass is 35.5. The van der Waals surface area contributed by atoms with Crippen molar-refractivity contribution < 1.29 is 8.42 Å². The second-order valence-corrected chi connectivity index (χ2v) is 7.86. The zero-order valence-electron chi connectivity index (χ0n) is 11.9. The average Bonchev–Trinajstić information content (AvgIpc) is 3.14. The van der Waals surface area contributed by atoms with Crippen molar-refractivity contribution in [1.82, 2.24) is 4.72 Å². The molecule has 0 unspecified atom stereocenters. The molecule has 6 heteroatoms. The van der Waals surface area contributed by atoms with E-state index in [1.54, 1.807) is 13.0 Å². The van der Waals surface area contributed by atoms with Crippen molar-refractivity contribution >= 4 is 27.3 Å². The Kier molecular flexibility index (Phi) is 4.33. The van der Waals surface area contributed by atoms with Crippen molar-refractivity contribution in [3.05, 3.63) is 22.7 Å². The van der Waals surface area contributed by atoms with Gasteiger partial charge in [0.25, 0.3) is 0 Å². The Morgan fingerprint density at radius 2 is 2.05 bits per heavy atom. The summed E-state index contributed by atoms with van der Waals surface area (Å²) in [5.74, 6) is 0. The Morgan fingerprint density at radius 1 is 1.40 bits per heavy atom. The summed E-state index contributed by atoms with van der Waals surface area (Å²) in [6.45, 7) is 4.37. The highest BCUT2D eigenvalue weighted by Crippen LogP contribution is 2.49. The van der Waals surface area contributed by atoms with E-state index in [2.05, 4.69) is 11.6 Å². The second kappa shape index (κ2) is 5.54. The van der Waals surface area contributed by atoms with Crippen LogP contribution < -0.4 is 10.5 Å². The fourth-order valence-electron chi connectivity index (χ4n) is 2.47. The number of aryl methyl sites for hydroxylation is 1. The van der Waals surface area contributed by atoms with Crippen LogP contribution in [0.3, 0.4) is 0 Å². The van der Waals surface area contributed by atoms with E-state index in [4.69, 9.17) is 17.3 Å². The number of nitrogens with one attached hydrogen (secondary N) is 1. The van der Waals surface area contributed by atoms with Crippen LogP contribution in [-0.2, 0) is 10.0 Å². The van der Waals surface area contributed by atoms with Gasteiger partial charge in [-0.2, -0.15) is 0 Å². The molecule has 1 aromatic carbocycles. The van der Waals surface area contributed by atoms with Crippen LogP contribution in [0, 0.1) is 12.3 Å². The Hall–Kier alpha value is -0.780. The third-order valence-corrected chi connectivity index (χ3v) is 5.84. The average molecular weight is 317 g/mol. The SMILES string of the molecule is CCCC1(CNS(=O)(=O)c2cc(C)c(Cl)c(N)c2)CC1. The van der Waals surface area contributed by atoms with Crippen LogP contribution in [0.5, 0.6) is 0 Å². The highest BCUT2D eigenvalue weighted by molar-refractivity contribution is 7.89. The van der Waals surface area contributed by atoms with Gasteiger partial charge in [-0.05, 0) is 49.3 Å². The predicted octanol–water partition coefficient (Wildman–Crippen LogP) is 3.09. The lowest BCUT2D eigenvalue weighted by Crippen LogP contribution is -2.30. The van der Waals surface area contributed by atoms with Gasteiger partial charge in [0.1, 0.15) is 0 Å². The molecule has 0 aromatic heterocycles. The predicted molar refractivity (Wildman–Crippen MR) is 82.4 cm³/mol. The number of sulfonamides is 1. The van der Waals surface area contributed by atoms with Gasteiger partial charge in [-0.3, -0.25) is 0 Å². The molecule has 1 aromatic rings. The van der Waals surface area contributed by atoms with Crippen molar-refractivity contribution in [2.24, 2.45) is 5.41 Å². The number of benzene rings is 1. The van der Waals surface area contributed by atoms with Crippen molar-refractivity contribution in [3.8, 4) is 0 Å². The monoisotopic (exact) mass is 316 g/mol. The van der Waals surface area contributed by atoms with Crippen LogP contribution in [0.15, 0.2) is 17.0 Å². The van der Waals surface area contributed by atoms with Crippen molar-refractivity contribution in [1.29, 1.82) is 0 Å². The fraction of sp³-hybridized carbons (Fsp3) is 0.571. The van der Waals surface area contributed by atoms with Crippen LogP contribution in [-0.4, -0.2) is 15.0 Å². The molecule has 0 bridgehead atoms. The molecule has 0 amide bonds. The lowest BCUT2D eigenvalue weighted by Gasteiger charge is -2.16. The van der Waals surface area contributed by atoms with Crippen LogP contribution >= 0.6 is 11.6 Å². The van der Waals surface area contributed by atoms with E-state index in [1.165, 1.54) is 6.07 Å². The smallest absolute Gasteiger partial charge is 0.240 e. The van der Waals surface area contributed by atoms with E-state index in [0.29, 0.717) is 22.8 Å². The number of halogens is 1. The van der Waals surface area contributed by atoms with Gasteiger partial charge in [0, 0.05) is 6.54 Å². The normalized spacial score (nSPS) is 17.1. The molecule has 1 aliphatic rings. The first-order valence-corrected chi connectivity index (χ1v) is 8.71. The van der Waals surface area contributed by atoms with Crippen molar-refractivity contribution in [2.45, 2.75) is 44.4 Å². The molecular weight excluding hydrogens is 296 g/mol. The Balaban J connectivity index is 2.15. The molecule has 1 aliphatic carbocycles. The van der Waals surface area contributed by atoms with Gasteiger partial charge in [-0.15, -0.1) is 0 Å². The molecular formula is C14H21ClN2O2S. The number of anilines is 1. The number of nitrogen functional groups attached to an aromatic ring is 1. The molecule has 112 valence electrons. The van der Waals surface area contributed by atoms with Crippen LogP contribution in [0.1, 0.15) is 38.2 Å². The lowest BCUT2D eigenvalue weighted by molar-refractivity contribution is 0.449. The topological polar surface area (TPSA) is 72.2 Å². The van der Waals surface area contributed by atoms with E-state index >= 15 is 0 Å². The summed E-state index contributed by atoms with van der Waals surface area (Å²) >= 11 is 5.96. The first-order valence-electron chi connectivity index (χ1n) is 6.85. The minimum Gasteiger partial charge on any atom is -0.397 e. The molecule has 0 atom stereocenters. The summed E-state index contributed by atoms with van der Waals surface area (Å²) in [6, 6.07) is 2.97. The maximum atomic E-state index is 12.3. The standard InChI is InChI=1S/C14H21ClN2O2S/c1-3-4-14(5-6-14)9-17-20(18,19)11-7-10(2)13(15)12(16)8-11/h7-8,17H,3-6,9,16H2,1-2H3. The van der Waals surface area contributed by atoms with Crippen molar-refractivity contribution in [2.75, 3.05) is 12.3 Å². The molecule has 0 heterocycles. The van der Waals surface area contributed by atoms with Crippen LogP contribution in [0.25, 0.3) is 0 Å². The lowest BCUT2D eigenvalue weighted by atomic mass is 10.0. The van der Waals surface area contributed by atoms with Gasteiger partial charge < -0.3 is 5.73 Å². The van der Waals surface area contributed by atoms with Gasteiger partial charge in [0.15, 0.2) is 0 Å². The summed E-state index contributed by atoms with van der Waals surface area (Å²) in [7, 11) is -3.52. The summed E-state index contributed by atoms with van der Waals surface area (Å²) < 4.78 is 27.3. The summed E-state index contributed by atoms with van der Waals surface area (Å²) in [6.07, 6.45) is 4.35. The Morgan fingerprint density at radius 3 is 2.55 bits per heavy atom. The quantitative estimate of drug-likeness (QED) is 0.792. The molecule has 3 N–H and O–H groups in total. The molecule has 1 saturated carbocycles. The molecule has 0 radical (unpaired) electrons. The van der Waals surface area contributed by atoms with Gasteiger partial charge in [-0.25, -0.2) is 13.1 Å². The third kappa shape index (κ3) is 3.27. The Bertz CT molecular complexity index is 587. The van der Waals surface area contributed by atoms with Gasteiger partial charge in [0.05, 0.1) is 15.6 Å². The minimum atomic E-state index is -3.52. The van der Waals surface area contributed by atoms with E-state index < -0.39 is 10.0 Å². The summed E-state index contributed by atoms with van der Waals surface area (Å²) in [4.78, 5) is 0.184. The molecule has 0 spiro atoms. The van der Waals surface area contributed by atoms with E-state index in [-0.39, 0.29) is 10.3 Å². The first kappa shape index (κ1) is 15.6. The molecule has 1 fully saturated rings. The van der Waals surface area contributed by atoms with Crippen LogP contribution in [0.4, 0.5) is 5.69 Å². The first-order chi connectivity index (χ1) is 9.30. The molecule has 0 aliphatic heterocycles. The summed E-state index contributed by atoms with van der Waals surface area (Å²) in [5.41, 5.74) is 6.87.